The summed E-state index contributed by atoms with van der Waals surface area (Å²) in [6, 6.07) is 7.99. The molecule has 0 unspecified atom stereocenters. The van der Waals surface area contributed by atoms with Crippen LogP contribution in [0.2, 0.25) is 5.02 Å². The lowest BCUT2D eigenvalue weighted by Gasteiger charge is -2.17. The largest absolute Gasteiger partial charge is 0.303 e. The molecule has 0 saturated carbocycles. The first kappa shape index (κ1) is 18.6. The molecule has 0 saturated heterocycles. The SMILES string of the molecule is CCN(CC)CCSc1nc(C)nc2scc(-c3ccc(Cl)cc3)c12. The van der Waals surface area contributed by atoms with Crippen molar-refractivity contribution in [3.8, 4) is 11.1 Å². The second-order valence-electron chi connectivity index (χ2n) is 5.79. The average Bonchev–Trinajstić information content (AvgIpc) is 3.03. The van der Waals surface area contributed by atoms with Crippen molar-refractivity contribution in [1.82, 2.24) is 14.9 Å². The zero-order valence-corrected chi connectivity index (χ0v) is 17.1. The van der Waals surface area contributed by atoms with Crippen molar-refractivity contribution in [2.45, 2.75) is 25.8 Å². The van der Waals surface area contributed by atoms with Gasteiger partial charge in [-0.2, -0.15) is 0 Å². The topological polar surface area (TPSA) is 29.0 Å². The van der Waals surface area contributed by atoms with E-state index in [1.165, 1.54) is 10.9 Å². The highest BCUT2D eigenvalue weighted by molar-refractivity contribution is 7.99. The van der Waals surface area contributed by atoms with Gasteiger partial charge in [0.1, 0.15) is 15.7 Å². The van der Waals surface area contributed by atoms with Crippen LogP contribution < -0.4 is 0 Å². The minimum absolute atomic E-state index is 0.754. The third-order valence-corrected chi connectivity index (χ3v) is 6.29. The molecule has 1 aromatic carbocycles. The number of thioether (sulfide) groups is 1. The van der Waals surface area contributed by atoms with Gasteiger partial charge in [0.15, 0.2) is 0 Å². The normalized spacial score (nSPS) is 11.6. The molecule has 2 aromatic heterocycles. The van der Waals surface area contributed by atoms with Gasteiger partial charge in [0.05, 0.1) is 5.39 Å². The second-order valence-corrected chi connectivity index (χ2v) is 8.17. The number of thiophene rings is 1. The molecule has 0 aliphatic rings. The first-order valence-corrected chi connectivity index (χ1v) is 10.7. The lowest BCUT2D eigenvalue weighted by molar-refractivity contribution is 0.324. The van der Waals surface area contributed by atoms with Gasteiger partial charge in [-0.15, -0.1) is 23.1 Å². The van der Waals surface area contributed by atoms with Crippen molar-refractivity contribution in [2.75, 3.05) is 25.4 Å². The molecule has 25 heavy (non-hydrogen) atoms. The van der Waals surface area contributed by atoms with Gasteiger partial charge in [-0.1, -0.05) is 37.6 Å². The van der Waals surface area contributed by atoms with Crippen LogP contribution in [0, 0.1) is 6.92 Å². The van der Waals surface area contributed by atoms with Crippen LogP contribution in [0.5, 0.6) is 0 Å². The summed E-state index contributed by atoms with van der Waals surface area (Å²) in [7, 11) is 0. The Balaban J connectivity index is 1.94. The van der Waals surface area contributed by atoms with E-state index in [1.807, 2.05) is 30.8 Å². The van der Waals surface area contributed by atoms with E-state index in [0.29, 0.717) is 0 Å². The van der Waals surface area contributed by atoms with Crippen molar-refractivity contribution >= 4 is 44.9 Å². The van der Waals surface area contributed by atoms with Gasteiger partial charge in [0.2, 0.25) is 0 Å². The summed E-state index contributed by atoms with van der Waals surface area (Å²) in [6.45, 7) is 9.63. The van der Waals surface area contributed by atoms with Crippen LogP contribution in [0.4, 0.5) is 0 Å². The maximum atomic E-state index is 6.04. The quantitative estimate of drug-likeness (QED) is 0.378. The lowest BCUT2D eigenvalue weighted by Crippen LogP contribution is -2.25. The smallest absolute Gasteiger partial charge is 0.128 e. The predicted octanol–water partition coefficient (Wildman–Crippen LogP) is 5.75. The fourth-order valence-corrected chi connectivity index (χ4v) is 5.04. The molecule has 0 atom stereocenters. The molecule has 0 aliphatic heterocycles. The summed E-state index contributed by atoms with van der Waals surface area (Å²) >= 11 is 9.55. The maximum Gasteiger partial charge on any atom is 0.128 e. The number of nitrogens with zero attached hydrogens (tertiary/aromatic N) is 3. The summed E-state index contributed by atoms with van der Waals surface area (Å²) in [4.78, 5) is 12.9. The Kier molecular flexibility index (Phi) is 6.34. The van der Waals surface area contributed by atoms with Crippen LogP contribution in [0.1, 0.15) is 19.7 Å². The van der Waals surface area contributed by atoms with Crippen molar-refractivity contribution in [2.24, 2.45) is 0 Å². The highest BCUT2D eigenvalue weighted by Gasteiger charge is 2.15. The number of benzene rings is 1. The number of halogens is 1. The van der Waals surface area contributed by atoms with Gasteiger partial charge < -0.3 is 4.90 Å². The highest BCUT2D eigenvalue weighted by Crippen LogP contribution is 2.38. The Bertz CT molecular complexity index is 842. The first-order chi connectivity index (χ1) is 12.1. The fraction of sp³-hybridized carbons (Fsp3) is 0.368. The van der Waals surface area contributed by atoms with E-state index in [9.17, 15) is 0 Å². The molecule has 6 heteroatoms. The van der Waals surface area contributed by atoms with E-state index in [2.05, 4.69) is 41.2 Å². The molecule has 3 rings (SSSR count). The molecular weight excluding hydrogens is 370 g/mol. The number of fused-ring (bicyclic) bond motifs is 1. The number of hydrogen-bond acceptors (Lipinski definition) is 5. The van der Waals surface area contributed by atoms with Crippen LogP contribution in [0.3, 0.4) is 0 Å². The molecule has 3 nitrogen and oxygen atoms in total. The highest BCUT2D eigenvalue weighted by atomic mass is 35.5. The molecule has 0 amide bonds. The van der Waals surface area contributed by atoms with Crippen molar-refractivity contribution < 1.29 is 0 Å². The van der Waals surface area contributed by atoms with Crippen LogP contribution in [-0.2, 0) is 0 Å². The molecule has 2 heterocycles. The average molecular weight is 392 g/mol. The maximum absolute atomic E-state index is 6.04. The van der Waals surface area contributed by atoms with E-state index in [-0.39, 0.29) is 0 Å². The molecule has 0 N–H and O–H groups in total. The van der Waals surface area contributed by atoms with Crippen LogP contribution in [-0.4, -0.2) is 40.3 Å². The Morgan fingerprint density at radius 2 is 1.84 bits per heavy atom. The van der Waals surface area contributed by atoms with E-state index >= 15 is 0 Å². The molecule has 0 fully saturated rings. The summed E-state index contributed by atoms with van der Waals surface area (Å²) < 4.78 is 0. The van der Waals surface area contributed by atoms with E-state index in [1.54, 1.807) is 11.3 Å². The zero-order valence-electron chi connectivity index (χ0n) is 14.8. The lowest BCUT2D eigenvalue weighted by atomic mass is 10.1. The molecule has 3 aromatic rings. The summed E-state index contributed by atoms with van der Waals surface area (Å²) in [6.07, 6.45) is 0. The number of aryl methyl sites for hydroxylation is 1. The minimum atomic E-state index is 0.754. The molecule has 0 bridgehead atoms. The van der Waals surface area contributed by atoms with Crippen molar-refractivity contribution in [3.63, 3.8) is 0 Å². The van der Waals surface area contributed by atoms with Gasteiger partial charge in [0, 0.05) is 28.3 Å². The predicted molar refractivity (Wildman–Crippen MR) is 111 cm³/mol. The van der Waals surface area contributed by atoms with Gasteiger partial charge in [0.25, 0.3) is 0 Å². The van der Waals surface area contributed by atoms with E-state index < -0.39 is 0 Å². The van der Waals surface area contributed by atoms with Crippen molar-refractivity contribution in [1.29, 1.82) is 0 Å². The monoisotopic (exact) mass is 391 g/mol. The minimum Gasteiger partial charge on any atom is -0.303 e. The Morgan fingerprint density at radius 3 is 2.52 bits per heavy atom. The Hall–Kier alpha value is -1.14. The molecule has 0 radical (unpaired) electrons. The third kappa shape index (κ3) is 4.34. The second kappa shape index (κ2) is 8.49. The molecule has 0 aliphatic carbocycles. The Morgan fingerprint density at radius 1 is 1.12 bits per heavy atom. The summed E-state index contributed by atoms with van der Waals surface area (Å²) in [5.41, 5.74) is 2.36. The van der Waals surface area contributed by atoms with Gasteiger partial charge in [-0.05, 0) is 37.7 Å². The zero-order chi connectivity index (χ0) is 17.8. The van der Waals surface area contributed by atoms with Crippen LogP contribution in [0.25, 0.3) is 21.3 Å². The fourth-order valence-electron chi connectivity index (χ4n) is 2.77. The van der Waals surface area contributed by atoms with E-state index in [4.69, 9.17) is 16.6 Å². The van der Waals surface area contributed by atoms with Crippen LogP contribution >= 0.6 is 34.7 Å². The number of hydrogen-bond donors (Lipinski definition) is 0. The summed E-state index contributed by atoms with van der Waals surface area (Å²) in [5, 5.41) is 5.18. The van der Waals surface area contributed by atoms with E-state index in [0.717, 1.165) is 51.7 Å². The van der Waals surface area contributed by atoms with Crippen molar-refractivity contribution in [3.05, 3.63) is 40.5 Å². The van der Waals surface area contributed by atoms with Crippen LogP contribution in [0.15, 0.2) is 34.7 Å². The molecule has 132 valence electrons. The summed E-state index contributed by atoms with van der Waals surface area (Å²) in [5.74, 6) is 1.87. The number of rotatable bonds is 7. The first-order valence-electron chi connectivity index (χ1n) is 8.49. The third-order valence-electron chi connectivity index (χ3n) is 4.21. The van der Waals surface area contributed by atoms with Gasteiger partial charge in [-0.25, -0.2) is 9.97 Å². The molecule has 0 spiro atoms. The van der Waals surface area contributed by atoms with Gasteiger partial charge >= 0.3 is 0 Å². The standard InChI is InChI=1S/C19H22ClN3S2/c1-4-23(5-2)10-11-24-18-17-16(14-6-8-15(20)9-7-14)12-25-19(17)22-13(3)21-18/h6-9,12H,4-5,10-11H2,1-3H3. The number of aromatic nitrogens is 2. The van der Waals surface area contributed by atoms with Gasteiger partial charge in [-0.3, -0.25) is 0 Å². The Labute approximate surface area is 162 Å². The molecular formula is C19H22ClN3S2.